The van der Waals surface area contributed by atoms with Crippen LogP contribution in [0.15, 0.2) is 52.5 Å². The molecule has 1 saturated heterocycles. The molecule has 0 saturated carbocycles. The van der Waals surface area contributed by atoms with E-state index in [4.69, 9.17) is 28.6 Å². The highest BCUT2D eigenvalue weighted by Crippen LogP contribution is 2.28. The van der Waals surface area contributed by atoms with Crippen LogP contribution in [-0.2, 0) is 9.59 Å². The first-order valence-corrected chi connectivity index (χ1v) is 9.58. The number of thiocarbonyl (C=S) groups is 1. The van der Waals surface area contributed by atoms with Crippen molar-refractivity contribution in [1.29, 1.82) is 0 Å². The fourth-order valence-corrected chi connectivity index (χ4v) is 3.46. The van der Waals surface area contributed by atoms with E-state index in [-0.39, 0.29) is 10.7 Å². The summed E-state index contributed by atoms with van der Waals surface area (Å²) in [5.41, 5.74) is 1.11. The lowest BCUT2D eigenvalue weighted by molar-refractivity contribution is -0.122. The van der Waals surface area contributed by atoms with Crippen LogP contribution in [0.1, 0.15) is 12.5 Å². The average molecular weight is 466 g/mol. The third-order valence-electron chi connectivity index (χ3n) is 3.73. The van der Waals surface area contributed by atoms with Crippen molar-refractivity contribution in [2.24, 2.45) is 0 Å². The van der Waals surface area contributed by atoms with Gasteiger partial charge in [0.15, 0.2) is 5.11 Å². The number of hydrogen-bond donors (Lipinski definition) is 1. The number of benzene rings is 2. The van der Waals surface area contributed by atoms with E-state index in [1.54, 1.807) is 36.4 Å². The van der Waals surface area contributed by atoms with Crippen LogP contribution in [0, 0.1) is 0 Å². The molecular formula is C19H14BrClN2O3S. The lowest BCUT2D eigenvalue weighted by atomic mass is 10.1. The average Bonchev–Trinajstić information content (AvgIpc) is 2.61. The highest BCUT2D eigenvalue weighted by Gasteiger charge is 2.34. The molecule has 5 nitrogen and oxygen atoms in total. The van der Waals surface area contributed by atoms with Gasteiger partial charge >= 0.3 is 0 Å². The molecule has 0 aromatic heterocycles. The van der Waals surface area contributed by atoms with E-state index in [0.717, 1.165) is 4.47 Å². The maximum Gasteiger partial charge on any atom is 0.270 e. The topological polar surface area (TPSA) is 58.6 Å². The van der Waals surface area contributed by atoms with Crippen molar-refractivity contribution in [3.63, 3.8) is 0 Å². The zero-order chi connectivity index (χ0) is 19.6. The van der Waals surface area contributed by atoms with Gasteiger partial charge < -0.3 is 4.74 Å². The molecule has 2 aromatic rings. The van der Waals surface area contributed by atoms with Crippen LogP contribution in [0.2, 0.25) is 5.02 Å². The molecule has 8 heteroatoms. The Kier molecular flexibility index (Phi) is 5.94. The van der Waals surface area contributed by atoms with E-state index in [9.17, 15) is 9.59 Å². The Labute approximate surface area is 175 Å². The maximum atomic E-state index is 13.0. The van der Waals surface area contributed by atoms with Crippen LogP contribution in [0.5, 0.6) is 5.75 Å². The lowest BCUT2D eigenvalue weighted by Gasteiger charge is -2.29. The fourth-order valence-electron chi connectivity index (χ4n) is 2.55. The van der Waals surface area contributed by atoms with E-state index >= 15 is 0 Å². The second kappa shape index (κ2) is 8.21. The first-order chi connectivity index (χ1) is 12.9. The molecule has 138 valence electrons. The van der Waals surface area contributed by atoms with E-state index < -0.39 is 11.8 Å². The van der Waals surface area contributed by atoms with Gasteiger partial charge in [-0.3, -0.25) is 19.8 Å². The summed E-state index contributed by atoms with van der Waals surface area (Å²) in [5, 5.41) is 2.98. The molecule has 0 radical (unpaired) electrons. The SMILES string of the molecule is CCOc1ccc(C=C2C(=O)NC(=S)N(c3cccc(Br)c3)C2=O)cc1Cl. The number of halogens is 2. The van der Waals surface area contributed by atoms with Crippen molar-refractivity contribution in [3.05, 3.63) is 63.1 Å². The Morgan fingerprint density at radius 2 is 2.04 bits per heavy atom. The second-order valence-corrected chi connectivity index (χ2v) is 7.27. The summed E-state index contributed by atoms with van der Waals surface area (Å²) in [6, 6.07) is 12.1. The van der Waals surface area contributed by atoms with Gasteiger partial charge in [-0.1, -0.05) is 39.7 Å². The molecule has 0 aliphatic carbocycles. The molecule has 0 atom stereocenters. The molecule has 1 aliphatic heterocycles. The Balaban J connectivity index is 1.98. The Hall–Kier alpha value is -2.22. The van der Waals surface area contributed by atoms with E-state index in [1.807, 2.05) is 13.0 Å². The highest BCUT2D eigenvalue weighted by molar-refractivity contribution is 9.10. The second-order valence-electron chi connectivity index (χ2n) is 5.56. The Morgan fingerprint density at radius 3 is 2.70 bits per heavy atom. The van der Waals surface area contributed by atoms with Crippen LogP contribution in [0.3, 0.4) is 0 Å². The van der Waals surface area contributed by atoms with Crippen molar-refractivity contribution in [2.75, 3.05) is 11.5 Å². The number of amides is 2. The van der Waals surface area contributed by atoms with Crippen LogP contribution < -0.4 is 15.0 Å². The first kappa shape index (κ1) is 19.5. The van der Waals surface area contributed by atoms with Gasteiger partial charge in [0.25, 0.3) is 11.8 Å². The van der Waals surface area contributed by atoms with Gasteiger partial charge in [-0.15, -0.1) is 0 Å². The largest absolute Gasteiger partial charge is 0.492 e. The summed E-state index contributed by atoms with van der Waals surface area (Å²) in [7, 11) is 0. The summed E-state index contributed by atoms with van der Waals surface area (Å²) in [4.78, 5) is 26.6. The number of ether oxygens (including phenoxy) is 1. The Bertz CT molecular complexity index is 977. The number of rotatable bonds is 4. The van der Waals surface area contributed by atoms with Crippen LogP contribution in [0.25, 0.3) is 6.08 Å². The van der Waals surface area contributed by atoms with Gasteiger partial charge in [-0.25, -0.2) is 0 Å². The summed E-state index contributed by atoms with van der Waals surface area (Å²) in [5.74, 6) is -0.522. The monoisotopic (exact) mass is 464 g/mol. The van der Waals surface area contributed by atoms with Gasteiger partial charge in [0.05, 0.1) is 17.3 Å². The van der Waals surface area contributed by atoms with Crippen molar-refractivity contribution < 1.29 is 14.3 Å². The summed E-state index contributed by atoms with van der Waals surface area (Å²) in [6.07, 6.45) is 1.48. The number of anilines is 1. The van der Waals surface area contributed by atoms with Crippen LogP contribution in [-0.4, -0.2) is 23.5 Å². The van der Waals surface area contributed by atoms with E-state index in [1.165, 1.54) is 11.0 Å². The molecule has 0 unspecified atom stereocenters. The number of hydrogen-bond acceptors (Lipinski definition) is 4. The van der Waals surface area contributed by atoms with Crippen molar-refractivity contribution in [1.82, 2.24) is 5.32 Å². The summed E-state index contributed by atoms with van der Waals surface area (Å²) >= 11 is 14.7. The fraction of sp³-hybridized carbons (Fsp3) is 0.105. The molecule has 1 heterocycles. The summed E-state index contributed by atoms with van der Waals surface area (Å²) in [6.45, 7) is 2.34. The zero-order valence-electron chi connectivity index (χ0n) is 14.2. The standard InChI is InChI=1S/C19H14BrClN2O3S/c1-2-26-16-7-6-11(9-15(16)21)8-14-17(24)22-19(27)23(18(14)25)13-5-3-4-12(20)10-13/h3-10H,2H2,1H3,(H,22,24,27). The van der Waals surface area contributed by atoms with Gasteiger partial charge in [-0.05, 0) is 61.1 Å². The third-order valence-corrected chi connectivity index (χ3v) is 4.81. The smallest absolute Gasteiger partial charge is 0.270 e. The predicted octanol–water partition coefficient (Wildman–Crippen LogP) is 4.33. The minimum absolute atomic E-state index is 0.0324. The van der Waals surface area contributed by atoms with Crippen molar-refractivity contribution >= 4 is 68.4 Å². The Morgan fingerprint density at radius 1 is 1.26 bits per heavy atom. The minimum Gasteiger partial charge on any atom is -0.492 e. The molecule has 1 fully saturated rings. The third kappa shape index (κ3) is 4.21. The summed E-state index contributed by atoms with van der Waals surface area (Å²) < 4.78 is 6.18. The number of carbonyl (C=O) groups is 2. The van der Waals surface area contributed by atoms with Crippen LogP contribution in [0.4, 0.5) is 5.69 Å². The first-order valence-electron chi connectivity index (χ1n) is 8.00. The molecule has 27 heavy (non-hydrogen) atoms. The molecule has 1 aliphatic rings. The van der Waals surface area contributed by atoms with Crippen molar-refractivity contribution in [3.8, 4) is 5.75 Å². The number of nitrogens with zero attached hydrogens (tertiary/aromatic N) is 1. The van der Waals surface area contributed by atoms with Crippen molar-refractivity contribution in [2.45, 2.75) is 6.92 Å². The van der Waals surface area contributed by atoms with Gasteiger partial charge in [0.2, 0.25) is 0 Å². The quantitative estimate of drug-likeness (QED) is 0.415. The maximum absolute atomic E-state index is 13.0. The van der Waals surface area contributed by atoms with Gasteiger partial charge in [0, 0.05) is 4.47 Å². The molecule has 2 amide bonds. The molecular weight excluding hydrogens is 452 g/mol. The van der Waals surface area contributed by atoms with E-state index in [2.05, 4.69) is 21.2 Å². The number of nitrogens with one attached hydrogen (secondary N) is 1. The van der Waals surface area contributed by atoms with E-state index in [0.29, 0.717) is 28.6 Å². The normalized spacial score (nSPS) is 15.9. The van der Waals surface area contributed by atoms with Gasteiger partial charge in [0.1, 0.15) is 11.3 Å². The molecule has 2 aromatic carbocycles. The van der Waals surface area contributed by atoms with Crippen LogP contribution >= 0.6 is 39.7 Å². The predicted molar refractivity (Wildman–Crippen MR) is 113 cm³/mol. The molecule has 1 N–H and O–H groups in total. The van der Waals surface area contributed by atoms with Gasteiger partial charge in [-0.2, -0.15) is 0 Å². The zero-order valence-corrected chi connectivity index (χ0v) is 17.3. The number of carbonyl (C=O) groups excluding carboxylic acids is 2. The molecule has 3 rings (SSSR count). The minimum atomic E-state index is -0.554. The molecule has 0 spiro atoms. The lowest BCUT2D eigenvalue weighted by Crippen LogP contribution is -2.54. The molecule has 0 bridgehead atoms. The highest BCUT2D eigenvalue weighted by atomic mass is 79.9.